The molecule has 20 heavy (non-hydrogen) atoms. The average molecular weight is 302 g/mol. The fourth-order valence-corrected chi connectivity index (χ4v) is 4.16. The van der Waals surface area contributed by atoms with Crippen molar-refractivity contribution >= 4 is 10.0 Å². The number of likely N-dealkylation sites (N-methyl/N-ethyl adjacent to an activating group) is 1. The van der Waals surface area contributed by atoms with Gasteiger partial charge in [-0.25, -0.2) is 12.8 Å². The van der Waals surface area contributed by atoms with Crippen LogP contribution in [0.3, 0.4) is 0 Å². The van der Waals surface area contributed by atoms with Crippen molar-refractivity contribution in [1.29, 1.82) is 0 Å². The molecule has 1 aromatic rings. The molecule has 1 aromatic carbocycles. The molecule has 2 rings (SSSR count). The zero-order valence-electron chi connectivity index (χ0n) is 11.7. The number of hydrogen-bond donors (Lipinski definition) is 1. The Hall–Kier alpha value is -1.02. The highest BCUT2D eigenvalue weighted by molar-refractivity contribution is 7.89. The first-order valence-corrected chi connectivity index (χ1v) is 7.78. The van der Waals surface area contributed by atoms with Crippen LogP contribution in [0, 0.1) is 12.7 Å². The molecule has 0 radical (unpaired) electrons. The van der Waals surface area contributed by atoms with Crippen molar-refractivity contribution in [3.05, 3.63) is 29.6 Å². The van der Waals surface area contributed by atoms with Gasteiger partial charge < -0.3 is 10.0 Å². The molecule has 0 amide bonds. The number of aliphatic hydroxyl groups is 1. The van der Waals surface area contributed by atoms with Crippen LogP contribution in [0.2, 0.25) is 0 Å². The molecule has 0 bridgehead atoms. The Morgan fingerprint density at radius 2 is 2.00 bits per heavy atom. The molecular formula is C13H19FN2O3S. The van der Waals surface area contributed by atoms with Crippen molar-refractivity contribution in [2.75, 3.05) is 27.2 Å². The lowest BCUT2D eigenvalue weighted by molar-refractivity contribution is 0.113. The van der Waals surface area contributed by atoms with Gasteiger partial charge >= 0.3 is 0 Å². The van der Waals surface area contributed by atoms with Crippen LogP contribution in [0.4, 0.5) is 4.39 Å². The Kier molecular flexibility index (Phi) is 4.15. The maximum absolute atomic E-state index is 13.1. The molecule has 1 N–H and O–H groups in total. The smallest absolute Gasteiger partial charge is 0.243 e. The first-order valence-electron chi connectivity index (χ1n) is 6.34. The first-order chi connectivity index (χ1) is 9.23. The summed E-state index contributed by atoms with van der Waals surface area (Å²) in [7, 11) is -0.108. The van der Waals surface area contributed by atoms with Gasteiger partial charge in [0.25, 0.3) is 0 Å². The minimum atomic E-state index is -3.71. The summed E-state index contributed by atoms with van der Waals surface area (Å²) in [6.45, 7) is 1.85. The van der Waals surface area contributed by atoms with Crippen LogP contribution in [0.15, 0.2) is 23.1 Å². The number of nitrogens with zero attached hydrogens (tertiary/aromatic N) is 2. The van der Waals surface area contributed by atoms with E-state index in [1.165, 1.54) is 16.4 Å². The van der Waals surface area contributed by atoms with Crippen LogP contribution in [0.1, 0.15) is 5.56 Å². The van der Waals surface area contributed by atoms with Gasteiger partial charge in [0, 0.05) is 13.1 Å². The van der Waals surface area contributed by atoms with E-state index in [0.717, 1.165) is 6.07 Å². The normalized spacial score (nSPS) is 24.5. The molecule has 7 heteroatoms. The molecule has 0 aromatic heterocycles. The summed E-state index contributed by atoms with van der Waals surface area (Å²) < 4.78 is 39.4. The van der Waals surface area contributed by atoms with Crippen molar-refractivity contribution in [3.8, 4) is 0 Å². The molecule has 1 heterocycles. The quantitative estimate of drug-likeness (QED) is 0.879. The zero-order valence-corrected chi connectivity index (χ0v) is 12.6. The third-order valence-electron chi connectivity index (χ3n) is 3.64. The Bertz CT molecular complexity index is 604. The first kappa shape index (κ1) is 15.4. The van der Waals surface area contributed by atoms with E-state index in [2.05, 4.69) is 0 Å². The van der Waals surface area contributed by atoms with E-state index in [4.69, 9.17) is 0 Å². The molecule has 2 atom stereocenters. The van der Waals surface area contributed by atoms with Crippen molar-refractivity contribution in [1.82, 2.24) is 9.21 Å². The molecule has 0 spiro atoms. The van der Waals surface area contributed by atoms with Gasteiger partial charge in [0.2, 0.25) is 10.0 Å². The number of aryl methyl sites for hydroxylation is 1. The molecule has 1 aliphatic heterocycles. The van der Waals surface area contributed by atoms with Crippen LogP contribution in [0.25, 0.3) is 0 Å². The number of sulfonamides is 1. The predicted octanol–water partition coefficient (Wildman–Crippen LogP) is 0.430. The van der Waals surface area contributed by atoms with Gasteiger partial charge in [-0.15, -0.1) is 0 Å². The summed E-state index contributed by atoms with van der Waals surface area (Å²) in [5.41, 5.74) is 0.368. The number of hydrogen-bond acceptors (Lipinski definition) is 4. The third kappa shape index (κ3) is 2.71. The Balaban J connectivity index is 2.32. The third-order valence-corrected chi connectivity index (χ3v) is 5.64. The number of rotatable bonds is 3. The Labute approximate surface area is 118 Å². The second-order valence-electron chi connectivity index (χ2n) is 5.33. The molecule has 1 aliphatic rings. The summed E-state index contributed by atoms with van der Waals surface area (Å²) in [4.78, 5) is 1.89. The molecule has 0 saturated carbocycles. The molecule has 112 valence electrons. The lowest BCUT2D eigenvalue weighted by Gasteiger charge is -2.21. The van der Waals surface area contributed by atoms with E-state index in [-0.39, 0.29) is 24.0 Å². The number of halogens is 1. The molecule has 0 aliphatic carbocycles. The van der Waals surface area contributed by atoms with Gasteiger partial charge in [-0.05, 0) is 44.8 Å². The van der Waals surface area contributed by atoms with Gasteiger partial charge in [-0.3, -0.25) is 0 Å². The average Bonchev–Trinajstić information content (AvgIpc) is 2.71. The fourth-order valence-electron chi connectivity index (χ4n) is 2.48. The van der Waals surface area contributed by atoms with Crippen molar-refractivity contribution < 1.29 is 17.9 Å². The summed E-state index contributed by atoms with van der Waals surface area (Å²) in [6.07, 6.45) is -0.722. The Morgan fingerprint density at radius 3 is 2.50 bits per heavy atom. The minimum absolute atomic E-state index is 0.0575. The predicted molar refractivity (Wildman–Crippen MR) is 73.4 cm³/mol. The van der Waals surface area contributed by atoms with E-state index < -0.39 is 21.9 Å². The topological polar surface area (TPSA) is 60.9 Å². The molecular weight excluding hydrogens is 283 g/mol. The molecule has 0 unspecified atom stereocenters. The van der Waals surface area contributed by atoms with E-state index in [1.54, 1.807) is 25.9 Å². The second kappa shape index (κ2) is 5.40. The highest BCUT2D eigenvalue weighted by Gasteiger charge is 2.39. The monoisotopic (exact) mass is 302 g/mol. The van der Waals surface area contributed by atoms with Gasteiger partial charge in [-0.1, -0.05) is 0 Å². The molecule has 1 fully saturated rings. The highest BCUT2D eigenvalue weighted by atomic mass is 32.2. The molecule has 1 saturated heterocycles. The number of benzene rings is 1. The SMILES string of the molecule is Cc1cc(F)ccc1S(=O)(=O)N1C[C@H](O)[C@@H](N(C)C)C1. The lowest BCUT2D eigenvalue weighted by atomic mass is 10.2. The largest absolute Gasteiger partial charge is 0.390 e. The van der Waals surface area contributed by atoms with E-state index in [9.17, 15) is 17.9 Å². The summed E-state index contributed by atoms with van der Waals surface area (Å²) in [6, 6.07) is 3.37. The number of β-amino-alcohol motifs (C(OH)–C–C–N with tert-alkyl or cyclic N) is 1. The summed E-state index contributed by atoms with van der Waals surface area (Å²) in [5, 5.41) is 9.95. The van der Waals surface area contributed by atoms with Gasteiger partial charge in [0.1, 0.15) is 5.82 Å². The van der Waals surface area contributed by atoms with Gasteiger partial charge in [-0.2, -0.15) is 4.31 Å². The minimum Gasteiger partial charge on any atom is -0.390 e. The lowest BCUT2D eigenvalue weighted by Crippen LogP contribution is -2.38. The van der Waals surface area contributed by atoms with Crippen molar-refractivity contribution in [2.45, 2.75) is 24.0 Å². The van der Waals surface area contributed by atoms with Crippen LogP contribution >= 0.6 is 0 Å². The van der Waals surface area contributed by atoms with E-state index >= 15 is 0 Å². The van der Waals surface area contributed by atoms with E-state index in [1.807, 2.05) is 0 Å². The second-order valence-corrected chi connectivity index (χ2v) is 7.24. The van der Waals surface area contributed by atoms with Crippen LogP contribution < -0.4 is 0 Å². The van der Waals surface area contributed by atoms with Crippen LogP contribution in [-0.2, 0) is 10.0 Å². The van der Waals surface area contributed by atoms with Crippen LogP contribution in [-0.4, -0.2) is 62.1 Å². The Morgan fingerprint density at radius 1 is 1.35 bits per heavy atom. The highest BCUT2D eigenvalue weighted by Crippen LogP contribution is 2.25. The van der Waals surface area contributed by atoms with Crippen molar-refractivity contribution in [3.63, 3.8) is 0 Å². The summed E-state index contributed by atoms with van der Waals surface area (Å²) in [5.74, 6) is -0.464. The van der Waals surface area contributed by atoms with Gasteiger partial charge in [0.15, 0.2) is 0 Å². The molecule has 5 nitrogen and oxygen atoms in total. The number of aliphatic hydroxyl groups excluding tert-OH is 1. The van der Waals surface area contributed by atoms with Gasteiger partial charge in [0.05, 0.1) is 17.0 Å². The van der Waals surface area contributed by atoms with Crippen LogP contribution in [0.5, 0.6) is 0 Å². The van der Waals surface area contributed by atoms with E-state index in [0.29, 0.717) is 5.56 Å². The zero-order chi connectivity index (χ0) is 15.1. The summed E-state index contributed by atoms with van der Waals surface area (Å²) >= 11 is 0. The standard InChI is InChI=1S/C13H19FN2O3S/c1-9-6-10(14)4-5-13(9)20(18,19)16-7-11(15(2)3)12(17)8-16/h4-6,11-12,17H,7-8H2,1-3H3/t11-,12-/m0/s1. The fraction of sp³-hybridized carbons (Fsp3) is 0.538. The maximum Gasteiger partial charge on any atom is 0.243 e. The maximum atomic E-state index is 13.1. The van der Waals surface area contributed by atoms with Crippen molar-refractivity contribution in [2.24, 2.45) is 0 Å².